The third-order valence-corrected chi connectivity index (χ3v) is 6.89. The SMILES string of the molecule is CC(C)(C)N(C(=O)O)c1ncc(-c2cccc3c2c2ccccc2n3-c2ccc(C(N)=O)c(NCCCO)c2)cn1.NC(=O)O. The molecule has 5 aromatic rings. The fourth-order valence-electron chi connectivity index (χ4n) is 5.12. The minimum atomic E-state index is -1.33. The van der Waals surface area contributed by atoms with Gasteiger partial charge in [0.2, 0.25) is 5.95 Å². The Hall–Kier alpha value is -5.69. The van der Waals surface area contributed by atoms with Gasteiger partial charge in [0.1, 0.15) is 0 Å². The summed E-state index contributed by atoms with van der Waals surface area (Å²) in [5.41, 5.74) is 14.3. The number of nitrogens with two attached hydrogens (primary N) is 2. The van der Waals surface area contributed by atoms with E-state index in [1.54, 1.807) is 39.2 Å². The summed E-state index contributed by atoms with van der Waals surface area (Å²) in [5.74, 6) is -0.428. The molecule has 8 N–H and O–H groups in total. The molecule has 0 saturated carbocycles. The Labute approximate surface area is 258 Å². The number of aliphatic hydroxyl groups is 1. The van der Waals surface area contributed by atoms with Crippen LogP contribution in [0.3, 0.4) is 0 Å². The summed E-state index contributed by atoms with van der Waals surface area (Å²) in [6.07, 6.45) is 1.37. The van der Waals surface area contributed by atoms with Gasteiger partial charge in [-0.3, -0.25) is 4.79 Å². The highest BCUT2D eigenvalue weighted by Gasteiger charge is 2.30. The number of nitrogens with one attached hydrogen (secondary N) is 1. The molecule has 3 amide bonds. The van der Waals surface area contributed by atoms with Crippen LogP contribution in [0.5, 0.6) is 0 Å². The smallest absolute Gasteiger partial charge is 0.414 e. The molecule has 13 heteroatoms. The van der Waals surface area contributed by atoms with Crippen molar-refractivity contribution in [2.75, 3.05) is 23.4 Å². The zero-order valence-electron chi connectivity index (χ0n) is 25.1. The largest absolute Gasteiger partial charge is 0.465 e. The Bertz CT molecular complexity index is 1860. The number of aromatic nitrogens is 3. The molecule has 0 aliphatic rings. The predicted octanol–water partition coefficient (Wildman–Crippen LogP) is 5.04. The number of carbonyl (C=O) groups excluding carboxylic acids is 1. The average Bonchev–Trinajstić information content (AvgIpc) is 3.31. The normalized spacial score (nSPS) is 11.1. The van der Waals surface area contributed by atoms with Crippen molar-refractivity contribution < 1.29 is 29.7 Å². The summed E-state index contributed by atoms with van der Waals surface area (Å²) >= 11 is 0. The third kappa shape index (κ3) is 6.94. The summed E-state index contributed by atoms with van der Waals surface area (Å²) in [7, 11) is 0. The first-order valence-electron chi connectivity index (χ1n) is 14.0. The second-order valence-corrected chi connectivity index (χ2v) is 11.0. The number of carbonyl (C=O) groups is 3. The van der Waals surface area contributed by atoms with Gasteiger partial charge in [-0.15, -0.1) is 0 Å². The van der Waals surface area contributed by atoms with Crippen molar-refractivity contribution in [1.29, 1.82) is 0 Å². The van der Waals surface area contributed by atoms with Gasteiger partial charge < -0.3 is 36.7 Å². The number of aliphatic hydroxyl groups excluding tert-OH is 1. The molecular weight excluding hydrogens is 578 g/mol. The topological polar surface area (TPSA) is 210 Å². The molecule has 0 unspecified atom stereocenters. The monoisotopic (exact) mass is 613 g/mol. The molecule has 0 fully saturated rings. The summed E-state index contributed by atoms with van der Waals surface area (Å²) in [6, 6.07) is 19.5. The molecule has 3 aromatic carbocycles. The molecule has 0 saturated heterocycles. The Kier molecular flexibility index (Phi) is 9.53. The lowest BCUT2D eigenvalue weighted by molar-refractivity contribution is 0.100. The Morgan fingerprint density at radius 3 is 2.18 bits per heavy atom. The number of hydrogen-bond acceptors (Lipinski definition) is 7. The van der Waals surface area contributed by atoms with E-state index in [1.807, 2.05) is 48.5 Å². The van der Waals surface area contributed by atoms with Crippen LogP contribution in [-0.4, -0.2) is 66.6 Å². The van der Waals surface area contributed by atoms with Crippen LogP contribution in [-0.2, 0) is 0 Å². The number of carboxylic acid groups (broad SMARTS) is 2. The van der Waals surface area contributed by atoms with Crippen LogP contribution in [0.1, 0.15) is 37.6 Å². The van der Waals surface area contributed by atoms with Crippen molar-refractivity contribution in [3.8, 4) is 16.8 Å². The minimum absolute atomic E-state index is 0.0312. The number of hydrogen-bond donors (Lipinski definition) is 6. The van der Waals surface area contributed by atoms with Crippen molar-refractivity contribution in [3.63, 3.8) is 0 Å². The van der Waals surface area contributed by atoms with Crippen molar-refractivity contribution in [1.82, 2.24) is 14.5 Å². The van der Waals surface area contributed by atoms with Gasteiger partial charge in [0.25, 0.3) is 5.91 Å². The van der Waals surface area contributed by atoms with E-state index in [2.05, 4.69) is 31.7 Å². The second-order valence-electron chi connectivity index (χ2n) is 11.0. The molecule has 45 heavy (non-hydrogen) atoms. The third-order valence-electron chi connectivity index (χ3n) is 6.89. The molecule has 234 valence electrons. The lowest BCUT2D eigenvalue weighted by Crippen LogP contribution is -2.46. The number of nitrogens with zero attached hydrogens (tertiary/aromatic N) is 4. The standard InChI is InChI=1S/C31H32N6O4.CH3NO2/c1-31(2,3)37(30(40)41)29-34-17-19(18-35-29)21-9-6-11-26-27(21)23-8-4-5-10-25(23)36(26)20-12-13-22(28(32)39)24(16-20)33-14-7-15-38;2-1(3)4/h4-6,8-13,16-18,33,38H,7,14-15H2,1-3H3,(H2,32,39)(H,40,41);2H2,(H,3,4). The first-order valence-corrected chi connectivity index (χ1v) is 14.0. The van der Waals surface area contributed by atoms with Crippen molar-refractivity contribution in [3.05, 3.63) is 78.6 Å². The van der Waals surface area contributed by atoms with E-state index in [4.69, 9.17) is 15.6 Å². The zero-order valence-corrected chi connectivity index (χ0v) is 25.1. The molecule has 2 heterocycles. The number of benzene rings is 3. The van der Waals surface area contributed by atoms with E-state index in [1.165, 1.54) is 0 Å². The van der Waals surface area contributed by atoms with Gasteiger partial charge >= 0.3 is 12.2 Å². The number of amides is 3. The Balaban J connectivity index is 0.00000109. The van der Waals surface area contributed by atoms with E-state index in [-0.39, 0.29) is 12.6 Å². The van der Waals surface area contributed by atoms with Crippen LogP contribution in [0.15, 0.2) is 73.1 Å². The van der Waals surface area contributed by atoms with Crippen LogP contribution < -0.4 is 21.7 Å². The summed E-state index contributed by atoms with van der Waals surface area (Å²) in [5, 5.41) is 31.4. The molecule has 0 atom stereocenters. The number of primary amides is 2. The Morgan fingerprint density at radius 2 is 1.58 bits per heavy atom. The van der Waals surface area contributed by atoms with Crippen LogP contribution in [0, 0.1) is 0 Å². The van der Waals surface area contributed by atoms with Crippen molar-refractivity contribution in [2.24, 2.45) is 11.5 Å². The molecular formula is C32H35N7O6. The van der Waals surface area contributed by atoms with E-state index < -0.39 is 23.6 Å². The summed E-state index contributed by atoms with van der Waals surface area (Å²) in [4.78, 5) is 42.8. The van der Waals surface area contributed by atoms with E-state index in [9.17, 15) is 19.8 Å². The molecule has 5 rings (SSSR count). The lowest BCUT2D eigenvalue weighted by atomic mass is 10.0. The highest BCUT2D eigenvalue weighted by molar-refractivity contribution is 6.15. The maximum absolute atomic E-state index is 12.1. The summed E-state index contributed by atoms with van der Waals surface area (Å²) < 4.78 is 2.12. The van der Waals surface area contributed by atoms with Gasteiger partial charge in [0.15, 0.2) is 0 Å². The van der Waals surface area contributed by atoms with Gasteiger partial charge in [-0.1, -0.05) is 30.3 Å². The second kappa shape index (κ2) is 13.3. The molecule has 0 aliphatic heterocycles. The first-order chi connectivity index (χ1) is 21.3. The highest BCUT2D eigenvalue weighted by Crippen LogP contribution is 2.39. The van der Waals surface area contributed by atoms with Crippen LogP contribution in [0.2, 0.25) is 0 Å². The van der Waals surface area contributed by atoms with Crippen molar-refractivity contribution in [2.45, 2.75) is 32.7 Å². The predicted molar refractivity (Wildman–Crippen MR) is 173 cm³/mol. The van der Waals surface area contributed by atoms with Gasteiger partial charge in [-0.25, -0.2) is 24.5 Å². The molecule has 0 spiro atoms. The van der Waals surface area contributed by atoms with Crippen molar-refractivity contribution >= 4 is 51.5 Å². The van der Waals surface area contributed by atoms with E-state index in [0.717, 1.165) is 43.5 Å². The maximum Gasteiger partial charge on any atom is 0.414 e. The number of rotatable bonds is 8. The van der Waals surface area contributed by atoms with Gasteiger partial charge in [-0.05, 0) is 63.1 Å². The number of fused-ring (bicyclic) bond motifs is 3. The van der Waals surface area contributed by atoms with Crippen LogP contribution in [0.25, 0.3) is 38.6 Å². The maximum atomic E-state index is 12.1. The molecule has 0 aliphatic carbocycles. The van der Waals surface area contributed by atoms with Crippen LogP contribution >= 0.6 is 0 Å². The zero-order chi connectivity index (χ0) is 32.9. The Morgan fingerprint density at radius 1 is 0.933 bits per heavy atom. The van der Waals surface area contributed by atoms with Gasteiger partial charge in [-0.2, -0.15) is 0 Å². The van der Waals surface area contributed by atoms with E-state index >= 15 is 0 Å². The molecule has 0 radical (unpaired) electrons. The average molecular weight is 614 g/mol. The summed E-state index contributed by atoms with van der Waals surface area (Å²) in [6.45, 7) is 5.89. The quantitative estimate of drug-likeness (QED) is 0.129. The molecule has 2 aromatic heterocycles. The molecule has 0 bridgehead atoms. The fraction of sp³-hybridized carbons (Fsp3) is 0.219. The highest BCUT2D eigenvalue weighted by atomic mass is 16.4. The van der Waals surface area contributed by atoms with E-state index in [0.29, 0.717) is 24.2 Å². The lowest BCUT2D eigenvalue weighted by Gasteiger charge is -2.30. The fourth-order valence-corrected chi connectivity index (χ4v) is 5.12. The van der Waals surface area contributed by atoms with Gasteiger partial charge in [0, 0.05) is 58.8 Å². The van der Waals surface area contributed by atoms with Crippen LogP contribution in [0.4, 0.5) is 21.2 Å². The first kappa shape index (κ1) is 32.2. The number of para-hydroxylation sites is 1. The van der Waals surface area contributed by atoms with Gasteiger partial charge in [0.05, 0.1) is 16.6 Å². The minimum Gasteiger partial charge on any atom is -0.465 e. The molecule has 13 nitrogen and oxygen atoms in total. The number of anilines is 2.